The summed E-state index contributed by atoms with van der Waals surface area (Å²) in [4.78, 5) is 5.63. The van der Waals surface area contributed by atoms with E-state index in [1.165, 1.54) is 48.9 Å². The number of aromatic nitrogens is 1. The fraction of sp³-hybridized carbons (Fsp3) is 0.412. The summed E-state index contributed by atoms with van der Waals surface area (Å²) < 4.78 is 1.71. The molecule has 2 aromatic rings. The maximum absolute atomic E-state index is 9.86. The van der Waals surface area contributed by atoms with Crippen LogP contribution in [0.15, 0.2) is 27.6 Å². The number of rotatable bonds is 3. The van der Waals surface area contributed by atoms with Gasteiger partial charge in [0.1, 0.15) is 17.2 Å². The molecule has 1 aliphatic rings. The molecule has 0 bridgehead atoms. The lowest BCUT2D eigenvalue weighted by Crippen LogP contribution is -2.19. The summed E-state index contributed by atoms with van der Waals surface area (Å²) in [6.45, 7) is 1.93. The van der Waals surface area contributed by atoms with E-state index in [-0.39, 0.29) is 22.8 Å². The van der Waals surface area contributed by atoms with Crippen molar-refractivity contribution in [3.8, 4) is 17.2 Å². The smallest absolute Gasteiger partial charge is 0.206 e. The summed E-state index contributed by atoms with van der Waals surface area (Å²) >= 11 is 1.53. The molecule has 0 radical (unpaired) electrons. The second kappa shape index (κ2) is 7.09. The molecule has 1 saturated carbocycles. The number of nitrogens with zero attached hydrogens (tertiary/aromatic N) is 3. The largest absolute Gasteiger partial charge is 0.508 e. The van der Waals surface area contributed by atoms with Gasteiger partial charge >= 0.3 is 0 Å². The summed E-state index contributed by atoms with van der Waals surface area (Å²) in [5, 5.41) is 35.4. The van der Waals surface area contributed by atoms with Crippen LogP contribution in [0.1, 0.15) is 43.4 Å². The van der Waals surface area contributed by atoms with Crippen molar-refractivity contribution in [1.82, 2.24) is 4.68 Å². The van der Waals surface area contributed by atoms with Gasteiger partial charge in [-0.2, -0.15) is 5.10 Å². The third-order valence-electron chi connectivity index (χ3n) is 4.14. The first-order valence-corrected chi connectivity index (χ1v) is 8.93. The number of aryl methyl sites for hydroxylation is 1. The number of phenolic OH excluding ortho intramolecular Hbond substituents is 3. The number of aromatic hydroxyl groups is 3. The van der Waals surface area contributed by atoms with E-state index in [0.717, 1.165) is 23.3 Å². The van der Waals surface area contributed by atoms with Crippen molar-refractivity contribution in [3.63, 3.8) is 0 Å². The van der Waals surface area contributed by atoms with Crippen molar-refractivity contribution >= 4 is 17.6 Å². The molecule has 1 aliphatic carbocycles. The van der Waals surface area contributed by atoms with Crippen LogP contribution in [0, 0.1) is 6.92 Å². The van der Waals surface area contributed by atoms with Crippen LogP contribution in [-0.2, 0) is 0 Å². The summed E-state index contributed by atoms with van der Waals surface area (Å²) in [6.07, 6.45) is 7.32. The van der Waals surface area contributed by atoms with Crippen LogP contribution >= 0.6 is 11.3 Å². The molecular weight excluding hydrogens is 326 g/mol. The standard InChI is InChI=1S/C17H21N3O3S/c1-11-10-24-17(19-12-5-3-2-4-6-12)20(11)18-9-14-15(22)7-13(21)8-16(14)23/h7-10,12,21-23H,2-6H2,1H3. The number of benzene rings is 1. The number of thiazole rings is 1. The van der Waals surface area contributed by atoms with Gasteiger partial charge in [-0.05, 0) is 19.8 Å². The van der Waals surface area contributed by atoms with Gasteiger partial charge in [0, 0.05) is 17.5 Å². The van der Waals surface area contributed by atoms with Gasteiger partial charge in [0.2, 0.25) is 4.80 Å². The second-order valence-electron chi connectivity index (χ2n) is 6.03. The monoisotopic (exact) mass is 347 g/mol. The van der Waals surface area contributed by atoms with E-state index in [1.54, 1.807) is 4.68 Å². The van der Waals surface area contributed by atoms with Crippen molar-refractivity contribution in [2.45, 2.75) is 45.1 Å². The highest BCUT2D eigenvalue weighted by molar-refractivity contribution is 7.07. The summed E-state index contributed by atoms with van der Waals surface area (Å²) in [5.74, 6) is -0.652. The average Bonchev–Trinajstić information content (AvgIpc) is 2.88. The summed E-state index contributed by atoms with van der Waals surface area (Å²) in [5.41, 5.74) is 1.10. The van der Waals surface area contributed by atoms with Crippen LogP contribution in [0.25, 0.3) is 0 Å². The normalized spacial score (nSPS) is 17.0. The van der Waals surface area contributed by atoms with E-state index in [2.05, 4.69) is 5.10 Å². The molecule has 0 unspecified atom stereocenters. The molecule has 24 heavy (non-hydrogen) atoms. The molecule has 3 rings (SSSR count). The highest BCUT2D eigenvalue weighted by atomic mass is 32.1. The minimum absolute atomic E-state index is 0.162. The Balaban J connectivity index is 1.93. The predicted octanol–water partition coefficient (Wildman–Crippen LogP) is 3.09. The van der Waals surface area contributed by atoms with Crippen LogP contribution in [0.5, 0.6) is 17.2 Å². The molecule has 1 aromatic carbocycles. The first-order valence-electron chi connectivity index (χ1n) is 8.05. The van der Waals surface area contributed by atoms with Gasteiger partial charge in [0.05, 0.1) is 23.5 Å². The predicted molar refractivity (Wildman–Crippen MR) is 93.9 cm³/mol. The Morgan fingerprint density at radius 2 is 1.79 bits per heavy atom. The van der Waals surface area contributed by atoms with Crippen LogP contribution in [0.3, 0.4) is 0 Å². The fourth-order valence-electron chi connectivity index (χ4n) is 2.84. The minimum Gasteiger partial charge on any atom is -0.508 e. The molecule has 0 atom stereocenters. The van der Waals surface area contributed by atoms with Gasteiger partial charge in [0.15, 0.2) is 0 Å². The van der Waals surface area contributed by atoms with Crippen LogP contribution in [0.4, 0.5) is 0 Å². The first-order chi connectivity index (χ1) is 11.5. The Morgan fingerprint density at radius 3 is 2.46 bits per heavy atom. The van der Waals surface area contributed by atoms with Crippen molar-refractivity contribution < 1.29 is 15.3 Å². The molecule has 6 nitrogen and oxygen atoms in total. The summed E-state index contributed by atoms with van der Waals surface area (Å²) in [6, 6.07) is 2.67. The molecule has 1 heterocycles. The Bertz CT molecular complexity index is 794. The minimum atomic E-state index is -0.226. The van der Waals surface area contributed by atoms with E-state index in [1.807, 2.05) is 12.3 Å². The lowest BCUT2D eigenvalue weighted by Gasteiger charge is -2.16. The molecule has 1 fully saturated rings. The van der Waals surface area contributed by atoms with Gasteiger partial charge in [0.25, 0.3) is 0 Å². The maximum Gasteiger partial charge on any atom is 0.206 e. The van der Waals surface area contributed by atoms with E-state index in [9.17, 15) is 15.3 Å². The van der Waals surface area contributed by atoms with E-state index >= 15 is 0 Å². The zero-order valence-electron chi connectivity index (χ0n) is 13.5. The zero-order valence-corrected chi connectivity index (χ0v) is 14.3. The summed E-state index contributed by atoms with van der Waals surface area (Å²) in [7, 11) is 0. The Morgan fingerprint density at radius 1 is 1.12 bits per heavy atom. The Hall–Kier alpha value is -2.28. The van der Waals surface area contributed by atoms with E-state index < -0.39 is 0 Å². The quantitative estimate of drug-likeness (QED) is 0.745. The molecule has 7 heteroatoms. The van der Waals surface area contributed by atoms with E-state index in [0.29, 0.717) is 6.04 Å². The highest BCUT2D eigenvalue weighted by Gasteiger charge is 2.13. The van der Waals surface area contributed by atoms with Gasteiger partial charge in [-0.1, -0.05) is 19.3 Å². The van der Waals surface area contributed by atoms with Crippen molar-refractivity contribution in [2.75, 3.05) is 0 Å². The number of phenols is 3. The maximum atomic E-state index is 9.86. The third kappa shape index (κ3) is 3.62. The SMILES string of the molecule is Cc1csc(=NC2CCCCC2)n1N=Cc1c(O)cc(O)cc1O. The molecular formula is C17H21N3O3S. The molecule has 1 aromatic heterocycles. The van der Waals surface area contributed by atoms with Gasteiger partial charge < -0.3 is 15.3 Å². The van der Waals surface area contributed by atoms with Gasteiger partial charge in [-0.3, -0.25) is 4.99 Å². The molecule has 3 N–H and O–H groups in total. The van der Waals surface area contributed by atoms with Crippen LogP contribution in [-0.4, -0.2) is 32.3 Å². The Kier molecular flexibility index (Phi) is 4.89. The average molecular weight is 347 g/mol. The van der Waals surface area contributed by atoms with Crippen molar-refractivity contribution in [2.24, 2.45) is 10.1 Å². The Labute approximate surface area is 144 Å². The van der Waals surface area contributed by atoms with Gasteiger partial charge in [-0.15, -0.1) is 11.3 Å². The topological polar surface area (TPSA) is 90.3 Å². The molecule has 0 saturated heterocycles. The second-order valence-corrected chi connectivity index (χ2v) is 6.87. The lowest BCUT2D eigenvalue weighted by molar-refractivity contribution is 0.426. The molecule has 0 spiro atoms. The van der Waals surface area contributed by atoms with Gasteiger partial charge in [-0.25, -0.2) is 4.68 Å². The lowest BCUT2D eigenvalue weighted by atomic mass is 9.96. The van der Waals surface area contributed by atoms with Crippen LogP contribution < -0.4 is 4.80 Å². The number of hydrogen-bond acceptors (Lipinski definition) is 6. The molecule has 128 valence electrons. The number of hydrogen-bond donors (Lipinski definition) is 3. The first kappa shape index (κ1) is 16.6. The van der Waals surface area contributed by atoms with Crippen LogP contribution in [0.2, 0.25) is 0 Å². The van der Waals surface area contributed by atoms with Crippen molar-refractivity contribution in [3.05, 3.63) is 33.6 Å². The van der Waals surface area contributed by atoms with E-state index in [4.69, 9.17) is 4.99 Å². The molecule has 0 amide bonds. The van der Waals surface area contributed by atoms with Crippen molar-refractivity contribution in [1.29, 1.82) is 0 Å². The highest BCUT2D eigenvalue weighted by Crippen LogP contribution is 2.30. The zero-order chi connectivity index (χ0) is 17.1. The fourth-order valence-corrected chi connectivity index (χ4v) is 3.71. The molecule has 0 aliphatic heterocycles. The third-order valence-corrected chi connectivity index (χ3v) is 5.09.